The van der Waals surface area contributed by atoms with Gasteiger partial charge in [-0.1, -0.05) is 18.2 Å². The molecule has 1 heterocycles. The van der Waals surface area contributed by atoms with Crippen molar-refractivity contribution in [3.63, 3.8) is 0 Å². The van der Waals surface area contributed by atoms with E-state index in [-0.39, 0.29) is 5.91 Å². The number of rotatable bonds is 7. The van der Waals surface area contributed by atoms with Gasteiger partial charge in [-0.3, -0.25) is 4.79 Å². The number of thiazole rings is 1. The predicted octanol–water partition coefficient (Wildman–Crippen LogP) is 3.05. The zero-order valence-electron chi connectivity index (χ0n) is 13.9. The summed E-state index contributed by atoms with van der Waals surface area (Å²) in [6.45, 7) is 4.32. The van der Waals surface area contributed by atoms with Crippen LogP contribution in [0.15, 0.2) is 29.8 Å². The average Bonchev–Trinajstić information content (AvgIpc) is 2.95. The summed E-state index contributed by atoms with van der Waals surface area (Å²) in [5.41, 5.74) is 2.97. The number of carbonyl (C=O) groups is 1. The molecule has 0 bridgehead atoms. The summed E-state index contributed by atoms with van der Waals surface area (Å²) in [5, 5.41) is 3.08. The van der Waals surface area contributed by atoms with Crippen molar-refractivity contribution in [3.8, 4) is 5.75 Å². The van der Waals surface area contributed by atoms with E-state index in [2.05, 4.69) is 10.3 Å². The topological polar surface area (TPSA) is 60.5 Å². The maximum Gasteiger partial charge on any atom is 0.263 e. The Bertz CT molecular complexity index is 667. The van der Waals surface area contributed by atoms with Crippen molar-refractivity contribution in [2.45, 2.75) is 32.4 Å². The summed E-state index contributed by atoms with van der Waals surface area (Å²) in [7, 11) is 3.24. The Kier molecular flexibility index (Phi) is 5.74. The third-order valence-electron chi connectivity index (χ3n) is 3.41. The molecule has 0 aliphatic heterocycles. The maximum absolute atomic E-state index is 12.5. The fraction of sp³-hybridized carbons (Fsp3) is 0.412. The molecule has 0 aliphatic rings. The summed E-state index contributed by atoms with van der Waals surface area (Å²) < 4.78 is 10.5. The van der Waals surface area contributed by atoms with Gasteiger partial charge >= 0.3 is 0 Å². The van der Waals surface area contributed by atoms with Crippen LogP contribution < -0.4 is 10.1 Å². The van der Waals surface area contributed by atoms with Gasteiger partial charge in [0.1, 0.15) is 10.6 Å². The van der Waals surface area contributed by atoms with E-state index in [1.165, 1.54) is 11.3 Å². The highest BCUT2D eigenvalue weighted by Crippen LogP contribution is 2.23. The lowest BCUT2D eigenvalue weighted by atomic mass is 9.94. The van der Waals surface area contributed by atoms with E-state index in [1.54, 1.807) is 19.7 Å². The van der Waals surface area contributed by atoms with Crippen LogP contribution in [-0.4, -0.2) is 30.6 Å². The van der Waals surface area contributed by atoms with Crippen molar-refractivity contribution >= 4 is 17.2 Å². The van der Waals surface area contributed by atoms with Gasteiger partial charge in [-0.25, -0.2) is 4.98 Å². The van der Waals surface area contributed by atoms with Crippen LogP contribution in [0.4, 0.5) is 0 Å². The quantitative estimate of drug-likeness (QED) is 0.845. The van der Waals surface area contributed by atoms with Gasteiger partial charge in [-0.05, 0) is 31.9 Å². The number of carbonyl (C=O) groups excluding carboxylic acids is 1. The van der Waals surface area contributed by atoms with Crippen molar-refractivity contribution < 1.29 is 14.3 Å². The molecule has 124 valence electrons. The highest BCUT2D eigenvalue weighted by molar-refractivity contribution is 7.11. The van der Waals surface area contributed by atoms with Gasteiger partial charge in [0.05, 0.1) is 24.9 Å². The van der Waals surface area contributed by atoms with Crippen LogP contribution in [0.2, 0.25) is 0 Å². The first-order chi connectivity index (χ1) is 11.0. The van der Waals surface area contributed by atoms with Gasteiger partial charge < -0.3 is 14.8 Å². The number of para-hydroxylation sites is 1. The van der Waals surface area contributed by atoms with Crippen molar-refractivity contribution in [1.82, 2.24) is 10.3 Å². The molecule has 23 heavy (non-hydrogen) atoms. The van der Waals surface area contributed by atoms with Crippen molar-refractivity contribution in [1.29, 1.82) is 0 Å². The van der Waals surface area contributed by atoms with Crippen LogP contribution in [0.5, 0.6) is 5.75 Å². The van der Waals surface area contributed by atoms with Crippen LogP contribution in [0, 0.1) is 0 Å². The van der Waals surface area contributed by atoms with Crippen LogP contribution in [-0.2, 0) is 17.8 Å². The summed E-state index contributed by atoms with van der Waals surface area (Å²) in [6.07, 6.45) is 0.668. The Hall–Kier alpha value is -1.92. The second-order valence-electron chi connectivity index (χ2n) is 5.89. The van der Waals surface area contributed by atoms with Crippen LogP contribution in [0.3, 0.4) is 0 Å². The van der Waals surface area contributed by atoms with Gasteiger partial charge in [0, 0.05) is 12.6 Å². The van der Waals surface area contributed by atoms with E-state index < -0.39 is 5.54 Å². The normalized spacial score (nSPS) is 11.3. The molecule has 0 unspecified atom stereocenters. The Labute approximate surface area is 140 Å². The fourth-order valence-electron chi connectivity index (χ4n) is 2.43. The minimum atomic E-state index is -0.417. The Balaban J connectivity index is 2.11. The lowest BCUT2D eigenvalue weighted by molar-refractivity contribution is 0.0912. The van der Waals surface area contributed by atoms with Crippen molar-refractivity contribution in [2.24, 2.45) is 0 Å². The van der Waals surface area contributed by atoms with E-state index in [1.807, 2.05) is 38.1 Å². The Morgan fingerprint density at radius 2 is 2.04 bits per heavy atom. The first-order valence-electron chi connectivity index (χ1n) is 7.32. The van der Waals surface area contributed by atoms with E-state index in [9.17, 15) is 4.79 Å². The molecule has 0 saturated heterocycles. The molecule has 2 rings (SSSR count). The molecule has 1 aromatic carbocycles. The molecular formula is C17H22N2O3S. The summed E-state index contributed by atoms with van der Waals surface area (Å²) in [4.78, 5) is 17.3. The van der Waals surface area contributed by atoms with Gasteiger partial charge in [0.25, 0.3) is 5.91 Å². The number of nitrogens with zero attached hydrogens (tertiary/aromatic N) is 1. The SMILES string of the molecule is COCc1ncsc1C(=O)NC(C)(C)Cc1ccccc1OC. The molecule has 2 aromatic rings. The van der Waals surface area contributed by atoms with E-state index in [4.69, 9.17) is 9.47 Å². The molecule has 6 heteroatoms. The summed E-state index contributed by atoms with van der Waals surface area (Å²) in [6, 6.07) is 7.83. The molecule has 0 atom stereocenters. The third-order valence-corrected chi connectivity index (χ3v) is 4.27. The largest absolute Gasteiger partial charge is 0.496 e. The lowest BCUT2D eigenvalue weighted by Gasteiger charge is -2.27. The van der Waals surface area contributed by atoms with Crippen LogP contribution >= 0.6 is 11.3 Å². The molecule has 0 aliphatic carbocycles. The zero-order valence-corrected chi connectivity index (χ0v) is 14.7. The summed E-state index contributed by atoms with van der Waals surface area (Å²) in [5.74, 6) is 0.701. The van der Waals surface area contributed by atoms with Gasteiger partial charge in [0.2, 0.25) is 0 Å². The van der Waals surface area contributed by atoms with E-state index >= 15 is 0 Å². The minimum Gasteiger partial charge on any atom is -0.496 e. The van der Waals surface area contributed by atoms with Gasteiger partial charge in [0.15, 0.2) is 0 Å². The molecule has 0 spiro atoms. The Morgan fingerprint density at radius 1 is 1.30 bits per heavy atom. The molecule has 5 nitrogen and oxygen atoms in total. The highest BCUT2D eigenvalue weighted by atomic mass is 32.1. The lowest BCUT2D eigenvalue weighted by Crippen LogP contribution is -2.45. The average molecular weight is 334 g/mol. The van der Waals surface area contributed by atoms with Crippen LogP contribution in [0.25, 0.3) is 0 Å². The third kappa shape index (κ3) is 4.53. The molecule has 0 saturated carbocycles. The molecule has 0 radical (unpaired) electrons. The first kappa shape index (κ1) is 17.4. The van der Waals surface area contributed by atoms with Gasteiger partial charge in [-0.2, -0.15) is 0 Å². The number of hydrogen-bond acceptors (Lipinski definition) is 5. The molecule has 1 amide bonds. The number of aromatic nitrogens is 1. The fourth-order valence-corrected chi connectivity index (χ4v) is 3.12. The number of methoxy groups -OCH3 is 2. The van der Waals surface area contributed by atoms with Crippen molar-refractivity contribution in [3.05, 3.63) is 45.9 Å². The molecule has 1 aromatic heterocycles. The number of nitrogens with one attached hydrogen (secondary N) is 1. The van der Waals surface area contributed by atoms with Crippen molar-refractivity contribution in [2.75, 3.05) is 14.2 Å². The van der Waals surface area contributed by atoms with E-state index in [0.717, 1.165) is 11.3 Å². The molecule has 0 fully saturated rings. The second kappa shape index (κ2) is 7.57. The molecule has 1 N–H and O–H groups in total. The Morgan fingerprint density at radius 3 is 2.74 bits per heavy atom. The van der Waals surface area contributed by atoms with Crippen LogP contribution in [0.1, 0.15) is 34.8 Å². The highest BCUT2D eigenvalue weighted by Gasteiger charge is 2.25. The second-order valence-corrected chi connectivity index (χ2v) is 6.74. The summed E-state index contributed by atoms with van der Waals surface area (Å²) >= 11 is 1.32. The number of hydrogen-bond donors (Lipinski definition) is 1. The van der Waals surface area contributed by atoms with Gasteiger partial charge in [-0.15, -0.1) is 11.3 Å². The monoisotopic (exact) mass is 334 g/mol. The zero-order chi connectivity index (χ0) is 16.9. The first-order valence-corrected chi connectivity index (χ1v) is 8.20. The predicted molar refractivity (Wildman–Crippen MR) is 91.1 cm³/mol. The number of benzene rings is 1. The smallest absolute Gasteiger partial charge is 0.263 e. The maximum atomic E-state index is 12.5. The number of ether oxygens (including phenoxy) is 2. The number of amides is 1. The van der Waals surface area contributed by atoms with E-state index in [0.29, 0.717) is 23.6 Å². The molecular weight excluding hydrogens is 312 g/mol. The minimum absolute atomic E-state index is 0.126. The standard InChI is InChI=1S/C17H22N2O3S/c1-17(2,9-12-7-5-6-8-14(12)22-4)19-16(20)15-13(10-21-3)18-11-23-15/h5-8,11H,9-10H2,1-4H3,(H,19,20).